The summed E-state index contributed by atoms with van der Waals surface area (Å²) in [6.07, 6.45) is 7.01. The van der Waals surface area contributed by atoms with E-state index in [2.05, 4.69) is 5.10 Å². The van der Waals surface area contributed by atoms with Gasteiger partial charge in [0.25, 0.3) is 0 Å². The number of likely N-dealkylation sites (N-methyl/N-ethyl adjacent to an activating group) is 1. The number of benzene rings is 1. The van der Waals surface area contributed by atoms with Gasteiger partial charge < -0.3 is 9.64 Å². The molecule has 0 aliphatic rings. The molecule has 0 fully saturated rings. The molecule has 2 aromatic rings. The minimum atomic E-state index is -0.0600. The summed E-state index contributed by atoms with van der Waals surface area (Å²) in [4.78, 5) is 13.8. The highest BCUT2D eigenvalue weighted by molar-refractivity contribution is 5.91. The highest BCUT2D eigenvalue weighted by Gasteiger charge is 2.07. The zero-order chi connectivity index (χ0) is 15.9. The summed E-state index contributed by atoms with van der Waals surface area (Å²) in [5, 5.41) is 4.10. The summed E-state index contributed by atoms with van der Waals surface area (Å²) >= 11 is 0. The van der Waals surface area contributed by atoms with Crippen molar-refractivity contribution < 1.29 is 9.53 Å². The van der Waals surface area contributed by atoms with E-state index in [9.17, 15) is 4.79 Å². The molecule has 0 radical (unpaired) electrons. The molecule has 0 bridgehead atoms. The normalized spacial score (nSPS) is 10.9. The van der Waals surface area contributed by atoms with Crippen LogP contribution in [0.1, 0.15) is 18.1 Å². The van der Waals surface area contributed by atoms with Gasteiger partial charge in [-0.15, -0.1) is 0 Å². The third-order valence-electron chi connectivity index (χ3n) is 3.18. The lowest BCUT2D eigenvalue weighted by molar-refractivity contribution is -0.125. The van der Waals surface area contributed by atoms with Gasteiger partial charge in [0.2, 0.25) is 5.91 Å². The largest absolute Gasteiger partial charge is 0.493 e. The molecule has 2 rings (SSSR count). The van der Waals surface area contributed by atoms with E-state index < -0.39 is 0 Å². The molecule has 0 N–H and O–H groups in total. The first kappa shape index (κ1) is 15.8. The number of para-hydroxylation sites is 1. The smallest absolute Gasteiger partial charge is 0.246 e. The second-order valence-corrected chi connectivity index (χ2v) is 5.02. The summed E-state index contributed by atoms with van der Waals surface area (Å²) in [5.41, 5.74) is 1.90. The van der Waals surface area contributed by atoms with Crippen molar-refractivity contribution in [3.05, 3.63) is 53.9 Å². The summed E-state index contributed by atoms with van der Waals surface area (Å²) in [6, 6.07) is 7.66. The lowest BCUT2D eigenvalue weighted by atomic mass is 10.2. The van der Waals surface area contributed by atoms with Crippen LogP contribution in [0.2, 0.25) is 0 Å². The van der Waals surface area contributed by atoms with Crippen molar-refractivity contribution in [2.45, 2.75) is 13.5 Å². The standard InChI is InChI=1S/C17H21N3O2/c1-4-22-16-8-6-5-7-15(16)9-10-17(21)19(2)12-14-11-18-20(3)13-14/h5-11,13H,4,12H2,1-3H3/b10-9+. The fourth-order valence-corrected chi connectivity index (χ4v) is 2.10. The highest BCUT2D eigenvalue weighted by Crippen LogP contribution is 2.19. The Labute approximate surface area is 130 Å². The van der Waals surface area contributed by atoms with E-state index in [0.29, 0.717) is 13.2 Å². The van der Waals surface area contributed by atoms with Crippen LogP contribution >= 0.6 is 0 Å². The van der Waals surface area contributed by atoms with E-state index in [-0.39, 0.29) is 5.91 Å². The van der Waals surface area contributed by atoms with E-state index in [0.717, 1.165) is 16.9 Å². The maximum atomic E-state index is 12.2. The van der Waals surface area contributed by atoms with Crippen LogP contribution in [0.3, 0.4) is 0 Å². The lowest BCUT2D eigenvalue weighted by Crippen LogP contribution is -2.23. The monoisotopic (exact) mass is 299 g/mol. The lowest BCUT2D eigenvalue weighted by Gasteiger charge is -2.13. The third kappa shape index (κ3) is 4.22. The van der Waals surface area contributed by atoms with E-state index in [1.807, 2.05) is 44.4 Å². The van der Waals surface area contributed by atoms with Gasteiger partial charge in [-0.05, 0) is 19.1 Å². The maximum absolute atomic E-state index is 12.2. The van der Waals surface area contributed by atoms with Crippen LogP contribution < -0.4 is 4.74 Å². The molecule has 0 unspecified atom stereocenters. The number of hydrogen-bond donors (Lipinski definition) is 0. The van der Waals surface area contributed by atoms with E-state index in [1.165, 1.54) is 0 Å². The third-order valence-corrected chi connectivity index (χ3v) is 3.18. The van der Waals surface area contributed by atoms with E-state index in [4.69, 9.17) is 4.74 Å². The minimum Gasteiger partial charge on any atom is -0.493 e. The number of aryl methyl sites for hydroxylation is 1. The Balaban J connectivity index is 2.01. The van der Waals surface area contributed by atoms with Crippen molar-refractivity contribution in [1.82, 2.24) is 14.7 Å². The van der Waals surface area contributed by atoms with Gasteiger partial charge in [-0.2, -0.15) is 5.10 Å². The molecule has 0 atom stereocenters. The Morgan fingerprint density at radius 2 is 2.18 bits per heavy atom. The van der Waals surface area contributed by atoms with Crippen LogP contribution in [-0.2, 0) is 18.4 Å². The zero-order valence-electron chi connectivity index (χ0n) is 13.2. The summed E-state index contributed by atoms with van der Waals surface area (Å²) in [6.45, 7) is 3.07. The molecule has 0 saturated heterocycles. The molecule has 1 heterocycles. The van der Waals surface area contributed by atoms with Crippen LogP contribution in [0.4, 0.5) is 0 Å². The van der Waals surface area contributed by atoms with Crippen LogP contribution in [0, 0.1) is 0 Å². The maximum Gasteiger partial charge on any atom is 0.246 e. The molecule has 0 spiro atoms. The van der Waals surface area contributed by atoms with Crippen molar-refractivity contribution >= 4 is 12.0 Å². The number of aromatic nitrogens is 2. The Morgan fingerprint density at radius 1 is 1.41 bits per heavy atom. The first-order valence-electron chi connectivity index (χ1n) is 7.22. The molecular weight excluding hydrogens is 278 g/mol. The van der Waals surface area contributed by atoms with Crippen LogP contribution in [-0.4, -0.2) is 34.2 Å². The molecular formula is C17H21N3O2. The predicted molar refractivity (Wildman–Crippen MR) is 86.3 cm³/mol. The summed E-state index contributed by atoms with van der Waals surface area (Å²) in [7, 11) is 3.63. The van der Waals surface area contributed by atoms with Gasteiger partial charge in [0.05, 0.1) is 12.8 Å². The van der Waals surface area contributed by atoms with Crippen molar-refractivity contribution in [3.63, 3.8) is 0 Å². The molecule has 22 heavy (non-hydrogen) atoms. The van der Waals surface area contributed by atoms with Crippen molar-refractivity contribution in [1.29, 1.82) is 0 Å². The fraction of sp³-hybridized carbons (Fsp3) is 0.294. The Kier molecular flexibility index (Phi) is 5.36. The average molecular weight is 299 g/mol. The second-order valence-electron chi connectivity index (χ2n) is 5.02. The van der Waals surface area contributed by atoms with Gasteiger partial charge in [-0.3, -0.25) is 9.48 Å². The molecule has 5 heteroatoms. The molecule has 0 aliphatic carbocycles. The second kappa shape index (κ2) is 7.45. The average Bonchev–Trinajstić information content (AvgIpc) is 2.91. The number of ether oxygens (including phenoxy) is 1. The molecule has 1 aromatic heterocycles. The number of carbonyl (C=O) groups is 1. The van der Waals surface area contributed by atoms with Crippen molar-refractivity contribution in [2.75, 3.05) is 13.7 Å². The molecule has 116 valence electrons. The molecule has 0 saturated carbocycles. The van der Waals surface area contributed by atoms with Gasteiger partial charge in [0.1, 0.15) is 5.75 Å². The SMILES string of the molecule is CCOc1ccccc1/C=C/C(=O)N(C)Cc1cnn(C)c1. The van der Waals surface area contributed by atoms with Gasteiger partial charge >= 0.3 is 0 Å². The van der Waals surface area contributed by atoms with Crippen LogP contribution in [0.5, 0.6) is 5.75 Å². The van der Waals surface area contributed by atoms with Crippen molar-refractivity contribution in [2.24, 2.45) is 7.05 Å². The van der Waals surface area contributed by atoms with Gasteiger partial charge in [0.15, 0.2) is 0 Å². The fourth-order valence-electron chi connectivity index (χ4n) is 2.10. The first-order chi connectivity index (χ1) is 10.6. The van der Waals surface area contributed by atoms with Gasteiger partial charge in [0, 0.05) is 44.0 Å². The summed E-state index contributed by atoms with van der Waals surface area (Å²) in [5.74, 6) is 0.721. The number of nitrogens with zero attached hydrogens (tertiary/aromatic N) is 3. The molecule has 5 nitrogen and oxygen atoms in total. The Morgan fingerprint density at radius 3 is 2.86 bits per heavy atom. The topological polar surface area (TPSA) is 47.4 Å². The molecule has 0 aliphatic heterocycles. The quantitative estimate of drug-likeness (QED) is 0.770. The highest BCUT2D eigenvalue weighted by atomic mass is 16.5. The number of carbonyl (C=O) groups excluding carboxylic acids is 1. The first-order valence-corrected chi connectivity index (χ1v) is 7.22. The minimum absolute atomic E-state index is 0.0600. The number of hydrogen-bond acceptors (Lipinski definition) is 3. The Hall–Kier alpha value is -2.56. The van der Waals surface area contributed by atoms with Crippen LogP contribution in [0.25, 0.3) is 6.08 Å². The molecule has 1 amide bonds. The van der Waals surface area contributed by atoms with E-state index in [1.54, 1.807) is 35.0 Å². The zero-order valence-corrected chi connectivity index (χ0v) is 13.2. The van der Waals surface area contributed by atoms with Gasteiger partial charge in [-0.1, -0.05) is 18.2 Å². The predicted octanol–water partition coefficient (Wildman–Crippen LogP) is 2.49. The van der Waals surface area contributed by atoms with Crippen molar-refractivity contribution in [3.8, 4) is 5.75 Å². The van der Waals surface area contributed by atoms with Gasteiger partial charge in [-0.25, -0.2) is 0 Å². The number of amides is 1. The summed E-state index contributed by atoms with van der Waals surface area (Å²) < 4.78 is 7.27. The number of rotatable bonds is 6. The van der Waals surface area contributed by atoms with Crippen LogP contribution in [0.15, 0.2) is 42.7 Å². The Bertz CT molecular complexity index is 661. The van der Waals surface area contributed by atoms with E-state index >= 15 is 0 Å². The molecule has 1 aromatic carbocycles.